The molecule has 2 N–H and O–H groups in total. The number of aryl methyl sites for hydroxylation is 1. The van der Waals surface area contributed by atoms with E-state index in [2.05, 4.69) is 16.7 Å². The number of halogens is 1. The summed E-state index contributed by atoms with van der Waals surface area (Å²) in [6, 6.07) is 21.1. The van der Waals surface area contributed by atoms with Crippen molar-refractivity contribution in [3.05, 3.63) is 113 Å². The first-order valence-corrected chi connectivity index (χ1v) is 10.6. The standard InChI is InChI=1S/C27H20FN3O4/c1-17-23(11-12-34-17)27(33)31-25-14-21(9-10-24(25)28)30-26(32)18-7-4-8-22(13-18)35-16-20-6-3-2-5-19(20)15-29/h2-14H,16H2,1H3,(H,30,32)(H,31,33). The van der Waals surface area contributed by atoms with E-state index in [9.17, 15) is 19.2 Å². The maximum Gasteiger partial charge on any atom is 0.259 e. The lowest BCUT2D eigenvalue weighted by atomic mass is 10.1. The van der Waals surface area contributed by atoms with Crippen LogP contribution >= 0.6 is 0 Å². The molecule has 0 bridgehead atoms. The molecule has 1 heterocycles. The van der Waals surface area contributed by atoms with Crippen LogP contribution in [0.5, 0.6) is 5.75 Å². The van der Waals surface area contributed by atoms with Crippen LogP contribution in [-0.2, 0) is 6.61 Å². The largest absolute Gasteiger partial charge is 0.489 e. The highest BCUT2D eigenvalue weighted by atomic mass is 19.1. The molecule has 0 saturated carbocycles. The van der Waals surface area contributed by atoms with E-state index in [1.54, 1.807) is 49.4 Å². The molecule has 4 aromatic rings. The van der Waals surface area contributed by atoms with Crippen molar-refractivity contribution in [1.29, 1.82) is 5.26 Å². The predicted octanol–water partition coefficient (Wildman–Crippen LogP) is 5.68. The highest BCUT2D eigenvalue weighted by molar-refractivity contribution is 6.07. The monoisotopic (exact) mass is 469 g/mol. The summed E-state index contributed by atoms with van der Waals surface area (Å²) in [6.45, 7) is 1.80. The van der Waals surface area contributed by atoms with Gasteiger partial charge < -0.3 is 19.8 Å². The molecule has 2 amide bonds. The number of rotatable bonds is 7. The predicted molar refractivity (Wildman–Crippen MR) is 128 cm³/mol. The molecule has 174 valence electrons. The van der Waals surface area contributed by atoms with E-state index in [0.29, 0.717) is 28.3 Å². The van der Waals surface area contributed by atoms with Crippen molar-refractivity contribution >= 4 is 23.2 Å². The molecule has 0 saturated heterocycles. The Morgan fingerprint density at radius 1 is 1.00 bits per heavy atom. The summed E-state index contributed by atoms with van der Waals surface area (Å²) < 4.78 is 25.1. The number of hydrogen-bond acceptors (Lipinski definition) is 5. The molecule has 0 aliphatic heterocycles. The minimum absolute atomic E-state index is 0.0818. The Bertz CT molecular complexity index is 1440. The van der Waals surface area contributed by atoms with E-state index in [-0.39, 0.29) is 17.9 Å². The molecular formula is C27H20FN3O4. The summed E-state index contributed by atoms with van der Waals surface area (Å²) in [5.74, 6) is -0.757. The lowest BCUT2D eigenvalue weighted by Gasteiger charge is -2.11. The SMILES string of the molecule is Cc1occc1C(=O)Nc1cc(NC(=O)c2cccc(OCc3ccccc3C#N)c2)ccc1F. The van der Waals surface area contributed by atoms with Gasteiger partial charge in [0.1, 0.15) is 23.9 Å². The molecule has 0 aliphatic carbocycles. The van der Waals surface area contributed by atoms with Crippen molar-refractivity contribution in [3.63, 3.8) is 0 Å². The van der Waals surface area contributed by atoms with Crippen LogP contribution < -0.4 is 15.4 Å². The zero-order valence-electron chi connectivity index (χ0n) is 18.7. The molecule has 0 aliphatic rings. The molecule has 0 unspecified atom stereocenters. The van der Waals surface area contributed by atoms with Gasteiger partial charge in [-0.3, -0.25) is 9.59 Å². The maximum atomic E-state index is 14.3. The Morgan fingerprint density at radius 3 is 2.60 bits per heavy atom. The molecule has 0 spiro atoms. The van der Waals surface area contributed by atoms with Crippen LogP contribution in [0.15, 0.2) is 83.5 Å². The Hall–Kier alpha value is -4.90. The number of carbonyl (C=O) groups is 2. The normalized spacial score (nSPS) is 10.3. The van der Waals surface area contributed by atoms with Gasteiger partial charge in [-0.05, 0) is 55.5 Å². The Kier molecular flexibility index (Phi) is 6.88. The third-order valence-corrected chi connectivity index (χ3v) is 5.20. The fourth-order valence-electron chi connectivity index (χ4n) is 3.36. The zero-order chi connectivity index (χ0) is 24.8. The first kappa shape index (κ1) is 23.3. The van der Waals surface area contributed by atoms with Gasteiger partial charge in [0.25, 0.3) is 11.8 Å². The smallest absolute Gasteiger partial charge is 0.259 e. The molecular weight excluding hydrogens is 449 g/mol. The average Bonchev–Trinajstić information content (AvgIpc) is 3.31. The number of amides is 2. The van der Waals surface area contributed by atoms with Crippen molar-refractivity contribution in [3.8, 4) is 11.8 Å². The van der Waals surface area contributed by atoms with Crippen LogP contribution in [0.1, 0.15) is 37.6 Å². The number of nitrogens with one attached hydrogen (secondary N) is 2. The van der Waals surface area contributed by atoms with Gasteiger partial charge in [-0.25, -0.2) is 4.39 Å². The van der Waals surface area contributed by atoms with Gasteiger partial charge in [0.15, 0.2) is 0 Å². The van der Waals surface area contributed by atoms with Gasteiger partial charge in [0, 0.05) is 16.8 Å². The van der Waals surface area contributed by atoms with Crippen LogP contribution in [0.25, 0.3) is 0 Å². The minimum Gasteiger partial charge on any atom is -0.489 e. The van der Waals surface area contributed by atoms with E-state index >= 15 is 0 Å². The van der Waals surface area contributed by atoms with Crippen LogP contribution in [0.2, 0.25) is 0 Å². The van der Waals surface area contributed by atoms with E-state index in [1.165, 1.54) is 24.5 Å². The summed E-state index contributed by atoms with van der Waals surface area (Å²) in [6.07, 6.45) is 1.37. The Balaban J connectivity index is 1.44. The van der Waals surface area contributed by atoms with Gasteiger partial charge in [-0.2, -0.15) is 5.26 Å². The Labute approximate surface area is 200 Å². The van der Waals surface area contributed by atoms with Crippen molar-refractivity contribution in [1.82, 2.24) is 0 Å². The van der Waals surface area contributed by atoms with Crippen molar-refractivity contribution in [2.24, 2.45) is 0 Å². The number of furan rings is 1. The van der Waals surface area contributed by atoms with Crippen LogP contribution in [0, 0.1) is 24.1 Å². The lowest BCUT2D eigenvalue weighted by molar-refractivity contribution is 0.101. The fourth-order valence-corrected chi connectivity index (χ4v) is 3.36. The summed E-state index contributed by atoms with van der Waals surface area (Å²) in [4.78, 5) is 25.2. The van der Waals surface area contributed by atoms with Crippen LogP contribution in [-0.4, -0.2) is 11.8 Å². The molecule has 4 rings (SSSR count). The molecule has 0 radical (unpaired) electrons. The van der Waals surface area contributed by atoms with E-state index < -0.39 is 17.6 Å². The van der Waals surface area contributed by atoms with Crippen molar-refractivity contribution in [2.45, 2.75) is 13.5 Å². The molecule has 0 atom stereocenters. The second-order valence-corrected chi connectivity index (χ2v) is 7.58. The number of anilines is 2. The minimum atomic E-state index is -0.648. The van der Waals surface area contributed by atoms with Crippen LogP contribution in [0.3, 0.4) is 0 Å². The molecule has 3 aromatic carbocycles. The van der Waals surface area contributed by atoms with E-state index in [1.807, 2.05) is 6.07 Å². The third kappa shape index (κ3) is 5.54. The topological polar surface area (TPSA) is 104 Å². The highest BCUT2D eigenvalue weighted by Crippen LogP contribution is 2.23. The first-order chi connectivity index (χ1) is 16.9. The fraction of sp³-hybridized carbons (Fsp3) is 0.0741. The molecule has 1 aromatic heterocycles. The van der Waals surface area contributed by atoms with Gasteiger partial charge in [0.05, 0.1) is 29.1 Å². The number of carbonyl (C=O) groups excluding carboxylic acids is 2. The maximum absolute atomic E-state index is 14.3. The molecule has 35 heavy (non-hydrogen) atoms. The van der Waals surface area contributed by atoms with Gasteiger partial charge >= 0.3 is 0 Å². The molecule has 8 heteroatoms. The number of nitrogens with zero attached hydrogens (tertiary/aromatic N) is 1. The van der Waals surface area contributed by atoms with E-state index in [0.717, 1.165) is 11.6 Å². The third-order valence-electron chi connectivity index (χ3n) is 5.20. The second-order valence-electron chi connectivity index (χ2n) is 7.58. The summed E-state index contributed by atoms with van der Waals surface area (Å²) in [5.41, 5.74) is 2.07. The quantitative estimate of drug-likeness (QED) is 0.362. The summed E-state index contributed by atoms with van der Waals surface area (Å²) in [5, 5.41) is 14.4. The Morgan fingerprint density at radius 2 is 1.83 bits per heavy atom. The summed E-state index contributed by atoms with van der Waals surface area (Å²) in [7, 11) is 0. The summed E-state index contributed by atoms with van der Waals surface area (Å²) >= 11 is 0. The number of nitriles is 1. The average molecular weight is 469 g/mol. The van der Waals surface area contributed by atoms with Crippen molar-refractivity contribution in [2.75, 3.05) is 10.6 Å². The van der Waals surface area contributed by atoms with Crippen molar-refractivity contribution < 1.29 is 23.1 Å². The first-order valence-electron chi connectivity index (χ1n) is 10.6. The molecule has 7 nitrogen and oxygen atoms in total. The number of hydrogen-bond donors (Lipinski definition) is 2. The number of ether oxygens (including phenoxy) is 1. The highest BCUT2D eigenvalue weighted by Gasteiger charge is 2.15. The zero-order valence-corrected chi connectivity index (χ0v) is 18.7. The van der Waals surface area contributed by atoms with Gasteiger partial charge in [-0.15, -0.1) is 0 Å². The second kappa shape index (κ2) is 10.4. The van der Waals surface area contributed by atoms with E-state index in [4.69, 9.17) is 9.15 Å². The lowest BCUT2D eigenvalue weighted by Crippen LogP contribution is -2.15. The van der Waals surface area contributed by atoms with Gasteiger partial charge in [-0.1, -0.05) is 24.3 Å². The van der Waals surface area contributed by atoms with Gasteiger partial charge in [0.2, 0.25) is 0 Å². The molecule has 0 fully saturated rings. The van der Waals surface area contributed by atoms with Crippen LogP contribution in [0.4, 0.5) is 15.8 Å². The number of benzene rings is 3.